The highest BCUT2D eigenvalue weighted by Crippen LogP contribution is 2.16. The van der Waals surface area contributed by atoms with Crippen LogP contribution in [0.4, 0.5) is 5.69 Å². The van der Waals surface area contributed by atoms with Crippen LogP contribution in [0.3, 0.4) is 0 Å². The summed E-state index contributed by atoms with van der Waals surface area (Å²) in [6, 6.07) is 12.9. The zero-order valence-electron chi connectivity index (χ0n) is 16.4. The van der Waals surface area contributed by atoms with Crippen LogP contribution in [0.1, 0.15) is 33.1 Å². The van der Waals surface area contributed by atoms with Crippen LogP contribution in [0.2, 0.25) is 0 Å². The Kier molecular flexibility index (Phi) is 6.06. The van der Waals surface area contributed by atoms with E-state index in [0.717, 1.165) is 18.5 Å². The number of amides is 2. The second-order valence-corrected chi connectivity index (χ2v) is 6.98. The molecule has 146 valence electrons. The maximum Gasteiger partial charge on any atom is 0.292 e. The molecule has 0 atom stereocenters. The first-order valence-corrected chi connectivity index (χ1v) is 9.24. The number of imidazole rings is 1. The van der Waals surface area contributed by atoms with Gasteiger partial charge in [0.15, 0.2) is 5.69 Å². The van der Waals surface area contributed by atoms with E-state index in [1.165, 1.54) is 0 Å². The predicted octanol–water partition coefficient (Wildman–Crippen LogP) is 2.58. The van der Waals surface area contributed by atoms with Gasteiger partial charge in [-0.15, -0.1) is 0 Å². The lowest BCUT2D eigenvalue weighted by Crippen LogP contribution is -2.27. The molecule has 0 saturated heterocycles. The summed E-state index contributed by atoms with van der Waals surface area (Å²) in [5, 5.41) is 5.73. The molecule has 1 aromatic carbocycles. The van der Waals surface area contributed by atoms with E-state index in [1.54, 1.807) is 22.7 Å². The average molecular weight is 379 g/mol. The number of carbonyl (C=O) groups is 2. The molecule has 3 rings (SSSR count). The van der Waals surface area contributed by atoms with Gasteiger partial charge >= 0.3 is 0 Å². The summed E-state index contributed by atoms with van der Waals surface area (Å²) < 4.78 is 1.64. The van der Waals surface area contributed by atoms with Crippen LogP contribution < -0.4 is 10.6 Å². The van der Waals surface area contributed by atoms with Gasteiger partial charge in [0.1, 0.15) is 0 Å². The van der Waals surface area contributed by atoms with Crippen LogP contribution in [-0.4, -0.2) is 53.3 Å². The van der Waals surface area contributed by atoms with Gasteiger partial charge in [0, 0.05) is 18.4 Å². The Morgan fingerprint density at radius 2 is 1.93 bits per heavy atom. The predicted molar refractivity (Wildman–Crippen MR) is 110 cm³/mol. The van der Waals surface area contributed by atoms with Crippen molar-refractivity contribution >= 4 is 23.0 Å². The molecule has 2 aromatic heterocycles. The van der Waals surface area contributed by atoms with Crippen LogP contribution in [0.5, 0.6) is 0 Å². The molecule has 0 saturated carbocycles. The number of fused-ring (bicyclic) bond motifs is 1. The summed E-state index contributed by atoms with van der Waals surface area (Å²) in [6.45, 7) is 3.39. The fourth-order valence-corrected chi connectivity index (χ4v) is 2.96. The molecular formula is C21H25N5O2. The molecule has 2 amide bonds. The Morgan fingerprint density at radius 1 is 1.11 bits per heavy atom. The molecule has 0 aliphatic heterocycles. The van der Waals surface area contributed by atoms with Gasteiger partial charge in [0.2, 0.25) is 5.82 Å². The van der Waals surface area contributed by atoms with Crippen LogP contribution in [0.15, 0.2) is 48.7 Å². The Bertz CT molecular complexity index is 993. The molecule has 0 aliphatic rings. The molecule has 7 heteroatoms. The van der Waals surface area contributed by atoms with Crippen molar-refractivity contribution in [1.29, 1.82) is 0 Å². The molecule has 0 unspecified atom stereocenters. The molecule has 7 nitrogen and oxygen atoms in total. The Labute approximate surface area is 164 Å². The molecule has 2 N–H and O–H groups in total. The van der Waals surface area contributed by atoms with Crippen molar-refractivity contribution in [2.75, 3.05) is 32.5 Å². The minimum Gasteiger partial charge on any atom is -0.351 e. The van der Waals surface area contributed by atoms with Gasteiger partial charge in [-0.2, -0.15) is 0 Å². The van der Waals surface area contributed by atoms with Gasteiger partial charge in [0.25, 0.3) is 11.8 Å². The van der Waals surface area contributed by atoms with Crippen molar-refractivity contribution in [3.63, 3.8) is 0 Å². The molecule has 0 spiro atoms. The summed E-state index contributed by atoms with van der Waals surface area (Å²) in [5.41, 5.74) is 2.58. The number of hydrogen-bond acceptors (Lipinski definition) is 4. The summed E-state index contributed by atoms with van der Waals surface area (Å²) >= 11 is 0. The van der Waals surface area contributed by atoms with E-state index in [0.29, 0.717) is 17.7 Å². The Hall–Kier alpha value is -3.19. The Balaban J connectivity index is 1.82. The van der Waals surface area contributed by atoms with Gasteiger partial charge in [-0.1, -0.05) is 18.2 Å². The maximum absolute atomic E-state index is 12.8. The number of anilines is 1. The first kappa shape index (κ1) is 19.6. The minimum atomic E-state index is -0.363. The molecule has 28 heavy (non-hydrogen) atoms. The first-order chi connectivity index (χ1) is 13.5. The van der Waals surface area contributed by atoms with E-state index in [-0.39, 0.29) is 23.3 Å². The fraction of sp³-hybridized carbons (Fsp3) is 0.286. The normalized spacial score (nSPS) is 11.0. The van der Waals surface area contributed by atoms with E-state index in [9.17, 15) is 9.59 Å². The van der Waals surface area contributed by atoms with Crippen molar-refractivity contribution in [3.8, 4) is 0 Å². The molecule has 0 radical (unpaired) electrons. The Morgan fingerprint density at radius 3 is 2.68 bits per heavy atom. The van der Waals surface area contributed by atoms with Crippen LogP contribution >= 0.6 is 0 Å². The van der Waals surface area contributed by atoms with Crippen LogP contribution in [0, 0.1) is 6.92 Å². The topological polar surface area (TPSA) is 78.7 Å². The lowest BCUT2D eigenvalue weighted by molar-refractivity contribution is 0.0949. The number of carbonyl (C=O) groups excluding carboxylic acids is 2. The standard InChI is InChI=1S/C21H25N5O2/c1-15-8-6-9-16(14-15)23-21(28)19-24-18(17-10-4-5-13-26(17)19)20(27)22-11-7-12-25(2)3/h4-6,8-10,13-14H,7,11-12H2,1-3H3,(H,22,27)(H,23,28). The highest BCUT2D eigenvalue weighted by molar-refractivity contribution is 6.06. The van der Waals surface area contributed by atoms with E-state index in [2.05, 4.69) is 20.5 Å². The summed E-state index contributed by atoms with van der Waals surface area (Å²) in [7, 11) is 3.98. The number of pyridine rings is 1. The van der Waals surface area contributed by atoms with E-state index < -0.39 is 0 Å². The number of rotatable bonds is 7. The number of nitrogens with zero attached hydrogens (tertiary/aromatic N) is 3. The smallest absolute Gasteiger partial charge is 0.292 e. The van der Waals surface area contributed by atoms with Crippen molar-refractivity contribution in [1.82, 2.24) is 19.6 Å². The van der Waals surface area contributed by atoms with Crippen molar-refractivity contribution in [2.24, 2.45) is 0 Å². The third kappa shape index (κ3) is 4.55. The molecular weight excluding hydrogens is 354 g/mol. The summed E-state index contributed by atoms with van der Waals surface area (Å²) in [5.74, 6) is -0.467. The highest BCUT2D eigenvalue weighted by atomic mass is 16.2. The van der Waals surface area contributed by atoms with Crippen molar-refractivity contribution < 1.29 is 9.59 Å². The molecule has 2 heterocycles. The van der Waals surface area contributed by atoms with E-state index in [4.69, 9.17) is 0 Å². The number of hydrogen-bond donors (Lipinski definition) is 2. The second kappa shape index (κ2) is 8.67. The van der Waals surface area contributed by atoms with Crippen LogP contribution in [-0.2, 0) is 0 Å². The lowest BCUT2D eigenvalue weighted by Gasteiger charge is -2.09. The number of nitrogens with one attached hydrogen (secondary N) is 2. The van der Waals surface area contributed by atoms with Gasteiger partial charge < -0.3 is 15.5 Å². The number of benzene rings is 1. The monoisotopic (exact) mass is 379 g/mol. The third-order valence-corrected chi connectivity index (χ3v) is 4.31. The summed E-state index contributed by atoms with van der Waals surface area (Å²) in [6.07, 6.45) is 2.57. The first-order valence-electron chi connectivity index (χ1n) is 9.24. The highest BCUT2D eigenvalue weighted by Gasteiger charge is 2.21. The average Bonchev–Trinajstić information content (AvgIpc) is 3.05. The zero-order chi connectivity index (χ0) is 20.1. The largest absolute Gasteiger partial charge is 0.351 e. The second-order valence-electron chi connectivity index (χ2n) is 6.98. The molecule has 0 bridgehead atoms. The molecule has 0 fully saturated rings. The lowest BCUT2D eigenvalue weighted by atomic mass is 10.2. The van der Waals surface area contributed by atoms with Crippen molar-refractivity contribution in [3.05, 3.63) is 65.7 Å². The maximum atomic E-state index is 12.8. The minimum absolute atomic E-state index is 0.176. The van der Waals surface area contributed by atoms with E-state index in [1.807, 2.05) is 51.4 Å². The van der Waals surface area contributed by atoms with Gasteiger partial charge in [-0.25, -0.2) is 4.98 Å². The quantitative estimate of drug-likeness (QED) is 0.619. The zero-order valence-corrected chi connectivity index (χ0v) is 16.4. The van der Waals surface area contributed by atoms with Gasteiger partial charge in [0.05, 0.1) is 5.52 Å². The van der Waals surface area contributed by atoms with E-state index >= 15 is 0 Å². The third-order valence-electron chi connectivity index (χ3n) is 4.31. The van der Waals surface area contributed by atoms with Crippen LogP contribution in [0.25, 0.3) is 5.52 Å². The summed E-state index contributed by atoms with van der Waals surface area (Å²) in [4.78, 5) is 31.8. The number of aromatic nitrogens is 2. The fourth-order valence-electron chi connectivity index (χ4n) is 2.96. The molecule has 0 aliphatic carbocycles. The van der Waals surface area contributed by atoms with Gasteiger partial charge in [-0.3, -0.25) is 14.0 Å². The van der Waals surface area contributed by atoms with Crippen molar-refractivity contribution in [2.45, 2.75) is 13.3 Å². The van der Waals surface area contributed by atoms with Gasteiger partial charge in [-0.05, 0) is 63.8 Å². The SMILES string of the molecule is Cc1cccc(NC(=O)c2nc(C(=O)NCCCN(C)C)c3ccccn23)c1. The molecule has 3 aromatic rings. The number of aryl methyl sites for hydroxylation is 1.